The standard InChI is InChI=1S/C20H22N2O4/c1-3-26-17-11-9-16(10-12-17)22-18(13-19(23)25-2)20(24)21-14-15-7-5-4-6-8-15/h4-13,22H,3,14H2,1-2H3,(H,21,24)/b18-13-. The van der Waals surface area contributed by atoms with Crippen molar-refractivity contribution in [3.8, 4) is 5.75 Å². The Morgan fingerprint density at radius 1 is 1.04 bits per heavy atom. The van der Waals surface area contributed by atoms with Crippen LogP contribution >= 0.6 is 0 Å². The number of benzene rings is 2. The molecule has 0 aliphatic heterocycles. The summed E-state index contributed by atoms with van der Waals surface area (Å²) in [7, 11) is 1.26. The largest absolute Gasteiger partial charge is 0.494 e. The maximum absolute atomic E-state index is 12.5. The van der Waals surface area contributed by atoms with Gasteiger partial charge in [0.05, 0.1) is 19.8 Å². The molecule has 2 N–H and O–H groups in total. The number of hydrogen-bond acceptors (Lipinski definition) is 5. The minimum atomic E-state index is -0.617. The van der Waals surface area contributed by atoms with Gasteiger partial charge >= 0.3 is 5.97 Å². The molecule has 0 saturated carbocycles. The lowest BCUT2D eigenvalue weighted by Gasteiger charge is -2.12. The van der Waals surface area contributed by atoms with E-state index in [1.165, 1.54) is 7.11 Å². The summed E-state index contributed by atoms with van der Waals surface area (Å²) in [5.41, 5.74) is 1.70. The zero-order chi connectivity index (χ0) is 18.8. The molecule has 1 amide bonds. The van der Waals surface area contributed by atoms with Crippen LogP contribution in [0.2, 0.25) is 0 Å². The number of rotatable bonds is 8. The molecule has 6 nitrogen and oxygen atoms in total. The van der Waals surface area contributed by atoms with Crippen molar-refractivity contribution in [2.24, 2.45) is 0 Å². The first-order valence-electron chi connectivity index (χ1n) is 8.24. The summed E-state index contributed by atoms with van der Waals surface area (Å²) in [4.78, 5) is 24.1. The number of esters is 1. The lowest BCUT2D eigenvalue weighted by molar-refractivity contribution is -0.135. The molecule has 0 aliphatic carbocycles. The van der Waals surface area contributed by atoms with Crippen molar-refractivity contribution in [3.05, 3.63) is 71.9 Å². The van der Waals surface area contributed by atoms with Crippen LogP contribution in [0.4, 0.5) is 5.69 Å². The number of carbonyl (C=O) groups excluding carboxylic acids is 2. The quantitative estimate of drug-likeness (QED) is 0.563. The van der Waals surface area contributed by atoms with Crippen LogP contribution in [0, 0.1) is 0 Å². The number of carbonyl (C=O) groups is 2. The minimum absolute atomic E-state index is 0.0944. The van der Waals surface area contributed by atoms with Gasteiger partial charge in [0.1, 0.15) is 11.4 Å². The highest BCUT2D eigenvalue weighted by Crippen LogP contribution is 2.17. The van der Waals surface area contributed by atoms with Gasteiger partial charge in [-0.2, -0.15) is 0 Å². The molecule has 2 rings (SSSR count). The van der Waals surface area contributed by atoms with Gasteiger partial charge in [-0.15, -0.1) is 0 Å². The second-order valence-corrected chi connectivity index (χ2v) is 5.33. The van der Waals surface area contributed by atoms with Crippen LogP contribution in [0.15, 0.2) is 66.4 Å². The van der Waals surface area contributed by atoms with Crippen LogP contribution in [0.25, 0.3) is 0 Å². The highest BCUT2D eigenvalue weighted by atomic mass is 16.5. The number of nitrogens with one attached hydrogen (secondary N) is 2. The lowest BCUT2D eigenvalue weighted by Crippen LogP contribution is -2.28. The lowest BCUT2D eigenvalue weighted by atomic mass is 10.2. The van der Waals surface area contributed by atoms with E-state index in [1.807, 2.05) is 37.3 Å². The summed E-state index contributed by atoms with van der Waals surface area (Å²) in [6.07, 6.45) is 1.12. The zero-order valence-corrected chi connectivity index (χ0v) is 14.8. The summed E-state index contributed by atoms with van der Waals surface area (Å²) in [6, 6.07) is 16.6. The average molecular weight is 354 g/mol. The molecular weight excluding hydrogens is 332 g/mol. The Hall–Kier alpha value is -3.28. The number of ether oxygens (including phenoxy) is 2. The molecular formula is C20H22N2O4. The maximum atomic E-state index is 12.5. The first-order valence-corrected chi connectivity index (χ1v) is 8.24. The second-order valence-electron chi connectivity index (χ2n) is 5.33. The fraction of sp³-hybridized carbons (Fsp3) is 0.200. The molecule has 0 spiro atoms. The summed E-state index contributed by atoms with van der Waals surface area (Å²) in [6.45, 7) is 2.83. The Bertz CT molecular complexity index is 755. The molecule has 2 aromatic rings. The number of anilines is 1. The Morgan fingerprint density at radius 3 is 2.35 bits per heavy atom. The van der Waals surface area contributed by atoms with Crippen LogP contribution in [0.3, 0.4) is 0 Å². The van der Waals surface area contributed by atoms with E-state index < -0.39 is 11.9 Å². The average Bonchev–Trinajstić information content (AvgIpc) is 2.68. The predicted octanol–water partition coefficient (Wildman–Crippen LogP) is 2.87. The van der Waals surface area contributed by atoms with E-state index in [9.17, 15) is 9.59 Å². The second kappa shape index (κ2) is 9.88. The Morgan fingerprint density at radius 2 is 1.73 bits per heavy atom. The molecule has 0 heterocycles. The molecule has 136 valence electrons. The molecule has 0 fully saturated rings. The van der Waals surface area contributed by atoms with Crippen LogP contribution < -0.4 is 15.4 Å². The molecule has 0 aliphatic rings. The fourth-order valence-electron chi connectivity index (χ4n) is 2.17. The molecule has 0 radical (unpaired) electrons. The van der Waals surface area contributed by atoms with Gasteiger partial charge in [-0.3, -0.25) is 4.79 Å². The highest BCUT2D eigenvalue weighted by Gasteiger charge is 2.12. The number of hydrogen-bond donors (Lipinski definition) is 2. The minimum Gasteiger partial charge on any atom is -0.494 e. The first kappa shape index (κ1) is 19.1. The maximum Gasteiger partial charge on any atom is 0.332 e. The van der Waals surface area contributed by atoms with Crippen LogP contribution in [-0.4, -0.2) is 25.6 Å². The topological polar surface area (TPSA) is 76.7 Å². The molecule has 0 aromatic heterocycles. The fourth-order valence-corrected chi connectivity index (χ4v) is 2.17. The Labute approximate surface area is 152 Å². The van der Waals surface area contributed by atoms with Crippen molar-refractivity contribution < 1.29 is 19.1 Å². The number of methoxy groups -OCH3 is 1. The summed E-state index contributed by atoms with van der Waals surface area (Å²) in [5, 5.41) is 5.72. The molecule has 6 heteroatoms. The van der Waals surface area contributed by atoms with Gasteiger partial charge in [0.15, 0.2) is 0 Å². The van der Waals surface area contributed by atoms with Crippen molar-refractivity contribution in [1.29, 1.82) is 0 Å². The zero-order valence-electron chi connectivity index (χ0n) is 14.8. The van der Waals surface area contributed by atoms with Gasteiger partial charge in [0.25, 0.3) is 5.91 Å². The van der Waals surface area contributed by atoms with Crippen molar-refractivity contribution >= 4 is 17.6 Å². The molecule has 0 bridgehead atoms. The smallest absolute Gasteiger partial charge is 0.332 e. The van der Waals surface area contributed by atoms with Crippen molar-refractivity contribution in [2.75, 3.05) is 19.0 Å². The Kier molecular flexibility index (Phi) is 7.24. The molecule has 0 unspecified atom stereocenters. The van der Waals surface area contributed by atoms with Crippen LogP contribution in [0.1, 0.15) is 12.5 Å². The highest BCUT2D eigenvalue weighted by molar-refractivity contribution is 6.01. The van der Waals surface area contributed by atoms with Crippen LogP contribution in [-0.2, 0) is 20.9 Å². The van der Waals surface area contributed by atoms with Gasteiger partial charge in [0, 0.05) is 12.2 Å². The molecule has 2 aromatic carbocycles. The third-order valence-corrected chi connectivity index (χ3v) is 3.45. The third-order valence-electron chi connectivity index (χ3n) is 3.45. The summed E-state index contributed by atoms with van der Waals surface area (Å²) < 4.78 is 10.0. The molecule has 0 saturated heterocycles. The van der Waals surface area contributed by atoms with Gasteiger partial charge in [-0.1, -0.05) is 30.3 Å². The summed E-state index contributed by atoms with van der Waals surface area (Å²) in [5.74, 6) is -0.300. The van der Waals surface area contributed by atoms with Crippen molar-refractivity contribution in [3.63, 3.8) is 0 Å². The van der Waals surface area contributed by atoms with Gasteiger partial charge in [-0.05, 0) is 36.8 Å². The summed E-state index contributed by atoms with van der Waals surface area (Å²) >= 11 is 0. The molecule has 26 heavy (non-hydrogen) atoms. The number of amides is 1. The monoisotopic (exact) mass is 354 g/mol. The predicted molar refractivity (Wildman–Crippen MR) is 99.6 cm³/mol. The van der Waals surface area contributed by atoms with E-state index in [-0.39, 0.29) is 5.70 Å². The van der Waals surface area contributed by atoms with E-state index >= 15 is 0 Å². The van der Waals surface area contributed by atoms with E-state index in [2.05, 4.69) is 15.4 Å². The van der Waals surface area contributed by atoms with E-state index in [0.29, 0.717) is 18.8 Å². The van der Waals surface area contributed by atoms with Gasteiger partial charge < -0.3 is 20.1 Å². The van der Waals surface area contributed by atoms with Crippen molar-refractivity contribution in [1.82, 2.24) is 5.32 Å². The van der Waals surface area contributed by atoms with E-state index in [4.69, 9.17) is 4.74 Å². The molecule has 0 atom stereocenters. The SMILES string of the molecule is CCOc1ccc(N/C(=C\C(=O)OC)C(=O)NCc2ccccc2)cc1. The first-order chi connectivity index (χ1) is 12.6. The van der Waals surface area contributed by atoms with Crippen LogP contribution in [0.5, 0.6) is 5.75 Å². The van der Waals surface area contributed by atoms with E-state index in [1.54, 1.807) is 24.3 Å². The van der Waals surface area contributed by atoms with Crippen molar-refractivity contribution in [2.45, 2.75) is 13.5 Å². The van der Waals surface area contributed by atoms with E-state index in [0.717, 1.165) is 17.4 Å². The third kappa shape index (κ3) is 5.98. The van der Waals surface area contributed by atoms with Gasteiger partial charge in [0.2, 0.25) is 0 Å². The van der Waals surface area contributed by atoms with Gasteiger partial charge in [-0.25, -0.2) is 4.79 Å². The Balaban J connectivity index is 2.08. The normalized spacial score (nSPS) is 10.8.